The maximum Gasteiger partial charge on any atom is 0.141 e. The van der Waals surface area contributed by atoms with Gasteiger partial charge in [-0.05, 0) is 24.6 Å². The molecular formula is C16H19NO2. The van der Waals surface area contributed by atoms with Gasteiger partial charge in [-0.15, -0.1) is 0 Å². The number of hydrogen-bond donors (Lipinski definition) is 2. The summed E-state index contributed by atoms with van der Waals surface area (Å²) in [5, 5.41) is 13.4. The van der Waals surface area contributed by atoms with Gasteiger partial charge in [-0.3, -0.25) is 0 Å². The van der Waals surface area contributed by atoms with Crippen molar-refractivity contribution in [1.82, 2.24) is 0 Å². The van der Waals surface area contributed by atoms with E-state index < -0.39 is 6.10 Å². The molecule has 0 aromatic heterocycles. The van der Waals surface area contributed by atoms with Crippen LogP contribution < -0.4 is 10.1 Å². The van der Waals surface area contributed by atoms with Crippen LogP contribution in [-0.2, 0) is 0 Å². The standard InChI is InChI=1S/C16H19NO2/c1-12-6-5-7-13(10-12)15(18)11-17-14-8-3-4-9-16(14)19-2/h3-10,15,17-18H,11H2,1-2H3. The maximum absolute atomic E-state index is 10.2. The second kappa shape index (κ2) is 6.25. The minimum absolute atomic E-state index is 0.448. The van der Waals surface area contributed by atoms with Gasteiger partial charge >= 0.3 is 0 Å². The lowest BCUT2D eigenvalue weighted by Gasteiger charge is -2.15. The van der Waals surface area contributed by atoms with Gasteiger partial charge in [0, 0.05) is 6.54 Å². The third-order valence-electron chi connectivity index (χ3n) is 3.02. The predicted molar refractivity (Wildman–Crippen MR) is 77.6 cm³/mol. The largest absolute Gasteiger partial charge is 0.495 e. The second-order valence-corrected chi connectivity index (χ2v) is 4.51. The summed E-state index contributed by atoms with van der Waals surface area (Å²) >= 11 is 0. The molecule has 0 saturated carbocycles. The number of hydrogen-bond acceptors (Lipinski definition) is 3. The topological polar surface area (TPSA) is 41.5 Å². The predicted octanol–water partition coefficient (Wildman–Crippen LogP) is 3.15. The summed E-state index contributed by atoms with van der Waals surface area (Å²) in [6.45, 7) is 2.47. The number of para-hydroxylation sites is 2. The monoisotopic (exact) mass is 257 g/mol. The van der Waals surface area contributed by atoms with E-state index in [1.54, 1.807) is 7.11 Å². The molecular weight excluding hydrogens is 238 g/mol. The molecule has 1 unspecified atom stereocenters. The molecule has 3 heteroatoms. The van der Waals surface area contributed by atoms with E-state index in [2.05, 4.69) is 5.32 Å². The Hall–Kier alpha value is -2.00. The van der Waals surface area contributed by atoms with Crippen molar-refractivity contribution in [1.29, 1.82) is 0 Å². The number of aliphatic hydroxyl groups excluding tert-OH is 1. The van der Waals surface area contributed by atoms with Gasteiger partial charge in [-0.25, -0.2) is 0 Å². The van der Waals surface area contributed by atoms with Crippen molar-refractivity contribution in [2.45, 2.75) is 13.0 Å². The zero-order valence-corrected chi connectivity index (χ0v) is 11.3. The van der Waals surface area contributed by atoms with Crippen molar-refractivity contribution >= 4 is 5.69 Å². The van der Waals surface area contributed by atoms with Gasteiger partial charge in [0.15, 0.2) is 0 Å². The smallest absolute Gasteiger partial charge is 0.141 e. The Bertz CT molecular complexity index is 540. The molecule has 2 N–H and O–H groups in total. The van der Waals surface area contributed by atoms with Crippen LogP contribution in [0.1, 0.15) is 17.2 Å². The Morgan fingerprint density at radius 1 is 1.16 bits per heavy atom. The second-order valence-electron chi connectivity index (χ2n) is 4.51. The molecule has 100 valence electrons. The zero-order valence-electron chi connectivity index (χ0n) is 11.3. The first-order valence-corrected chi connectivity index (χ1v) is 6.32. The van der Waals surface area contributed by atoms with Gasteiger partial charge in [-0.1, -0.05) is 42.0 Å². The molecule has 2 rings (SSSR count). The van der Waals surface area contributed by atoms with Crippen LogP contribution in [0.25, 0.3) is 0 Å². The molecule has 0 bridgehead atoms. The highest BCUT2D eigenvalue weighted by atomic mass is 16.5. The minimum atomic E-state index is -0.537. The average Bonchev–Trinajstić information content (AvgIpc) is 2.45. The quantitative estimate of drug-likeness (QED) is 0.864. The molecule has 0 aliphatic carbocycles. The summed E-state index contributed by atoms with van der Waals surface area (Å²) in [4.78, 5) is 0. The Morgan fingerprint density at radius 3 is 2.68 bits per heavy atom. The Kier molecular flexibility index (Phi) is 4.42. The highest BCUT2D eigenvalue weighted by Gasteiger charge is 2.08. The number of anilines is 1. The number of rotatable bonds is 5. The lowest BCUT2D eigenvalue weighted by molar-refractivity contribution is 0.191. The van der Waals surface area contributed by atoms with E-state index in [-0.39, 0.29) is 0 Å². The summed E-state index contributed by atoms with van der Waals surface area (Å²) in [5.41, 5.74) is 2.95. The van der Waals surface area contributed by atoms with Crippen LogP contribution in [0.3, 0.4) is 0 Å². The fraction of sp³-hybridized carbons (Fsp3) is 0.250. The van der Waals surface area contributed by atoms with Gasteiger partial charge in [0.2, 0.25) is 0 Å². The molecule has 0 amide bonds. The van der Waals surface area contributed by atoms with E-state index >= 15 is 0 Å². The summed E-state index contributed by atoms with van der Waals surface area (Å²) in [7, 11) is 1.64. The fourth-order valence-corrected chi connectivity index (χ4v) is 1.99. The lowest BCUT2D eigenvalue weighted by Crippen LogP contribution is -2.12. The highest BCUT2D eigenvalue weighted by molar-refractivity contribution is 5.56. The number of methoxy groups -OCH3 is 1. The molecule has 0 saturated heterocycles. The minimum Gasteiger partial charge on any atom is -0.495 e. The fourth-order valence-electron chi connectivity index (χ4n) is 1.99. The van der Waals surface area contributed by atoms with E-state index in [4.69, 9.17) is 4.74 Å². The third kappa shape index (κ3) is 3.48. The zero-order chi connectivity index (χ0) is 13.7. The van der Waals surface area contributed by atoms with Gasteiger partial charge in [-0.2, -0.15) is 0 Å². The van der Waals surface area contributed by atoms with E-state index in [1.165, 1.54) is 0 Å². The van der Waals surface area contributed by atoms with Crippen molar-refractivity contribution in [2.24, 2.45) is 0 Å². The van der Waals surface area contributed by atoms with Gasteiger partial charge in [0.1, 0.15) is 5.75 Å². The van der Waals surface area contributed by atoms with Crippen LogP contribution in [0.2, 0.25) is 0 Å². The van der Waals surface area contributed by atoms with E-state index in [0.29, 0.717) is 6.54 Å². The number of nitrogens with one attached hydrogen (secondary N) is 1. The highest BCUT2D eigenvalue weighted by Crippen LogP contribution is 2.24. The Labute approximate surface area is 113 Å². The van der Waals surface area contributed by atoms with Crippen LogP contribution in [0.15, 0.2) is 48.5 Å². The molecule has 0 aliphatic heterocycles. The van der Waals surface area contributed by atoms with Crippen molar-refractivity contribution in [3.8, 4) is 5.75 Å². The number of ether oxygens (including phenoxy) is 1. The first-order valence-electron chi connectivity index (χ1n) is 6.32. The van der Waals surface area contributed by atoms with Crippen LogP contribution in [0, 0.1) is 6.92 Å². The molecule has 2 aromatic carbocycles. The molecule has 1 atom stereocenters. The van der Waals surface area contributed by atoms with Crippen LogP contribution in [-0.4, -0.2) is 18.8 Å². The first kappa shape index (κ1) is 13.4. The van der Waals surface area contributed by atoms with Gasteiger partial charge in [0.05, 0.1) is 18.9 Å². The Balaban J connectivity index is 2.02. The van der Waals surface area contributed by atoms with Crippen LogP contribution in [0.4, 0.5) is 5.69 Å². The molecule has 2 aromatic rings. The van der Waals surface area contributed by atoms with E-state index in [9.17, 15) is 5.11 Å². The molecule has 0 radical (unpaired) electrons. The average molecular weight is 257 g/mol. The molecule has 19 heavy (non-hydrogen) atoms. The van der Waals surface area contributed by atoms with Gasteiger partial charge in [0.25, 0.3) is 0 Å². The molecule has 0 fully saturated rings. The molecule has 0 aliphatic rings. The first-order chi connectivity index (χ1) is 9.20. The third-order valence-corrected chi connectivity index (χ3v) is 3.02. The summed E-state index contributed by atoms with van der Waals surface area (Å²) in [6, 6.07) is 15.6. The number of aliphatic hydroxyl groups is 1. The van der Waals surface area contributed by atoms with Gasteiger partial charge < -0.3 is 15.2 Å². The number of aryl methyl sites for hydroxylation is 1. The van der Waals surface area contributed by atoms with E-state index in [1.807, 2.05) is 55.5 Å². The SMILES string of the molecule is COc1ccccc1NCC(O)c1cccc(C)c1. The maximum atomic E-state index is 10.2. The van der Waals surface area contributed by atoms with E-state index in [0.717, 1.165) is 22.6 Å². The van der Waals surface area contributed by atoms with Crippen LogP contribution in [0.5, 0.6) is 5.75 Å². The Morgan fingerprint density at radius 2 is 1.95 bits per heavy atom. The van der Waals surface area contributed by atoms with Crippen molar-refractivity contribution in [3.05, 3.63) is 59.7 Å². The molecule has 0 spiro atoms. The van der Waals surface area contributed by atoms with Crippen LogP contribution >= 0.6 is 0 Å². The summed E-state index contributed by atoms with van der Waals surface area (Å²) in [6.07, 6.45) is -0.537. The lowest BCUT2D eigenvalue weighted by atomic mass is 10.1. The number of benzene rings is 2. The van der Waals surface area contributed by atoms with Crippen molar-refractivity contribution in [2.75, 3.05) is 19.0 Å². The molecule has 3 nitrogen and oxygen atoms in total. The normalized spacial score (nSPS) is 11.9. The molecule has 0 heterocycles. The summed E-state index contributed by atoms with van der Waals surface area (Å²) in [5.74, 6) is 0.777. The van der Waals surface area contributed by atoms with Crippen molar-refractivity contribution < 1.29 is 9.84 Å². The summed E-state index contributed by atoms with van der Waals surface area (Å²) < 4.78 is 5.26. The van der Waals surface area contributed by atoms with Crippen molar-refractivity contribution in [3.63, 3.8) is 0 Å².